The third-order valence-electron chi connectivity index (χ3n) is 3.63. The fourth-order valence-corrected chi connectivity index (χ4v) is 4.94. The molecular weight excluding hydrogens is 310 g/mol. The van der Waals surface area contributed by atoms with Gasteiger partial charge in [0, 0.05) is 26.4 Å². The molecule has 0 bridgehead atoms. The Labute approximate surface area is 129 Å². The second kappa shape index (κ2) is 5.49. The lowest BCUT2D eigenvalue weighted by Gasteiger charge is -2.08. The highest BCUT2D eigenvalue weighted by Gasteiger charge is 2.38. The van der Waals surface area contributed by atoms with Crippen LogP contribution in [0.4, 0.5) is 10.7 Å². The molecule has 1 aromatic heterocycles. The highest BCUT2D eigenvalue weighted by atomic mass is 32.2. The molecule has 1 aromatic rings. The lowest BCUT2D eigenvalue weighted by molar-refractivity contribution is 0.0833. The first-order valence-electron chi connectivity index (χ1n) is 6.77. The van der Waals surface area contributed by atoms with Crippen molar-refractivity contribution < 1.29 is 13.2 Å². The Hall–Kier alpha value is -1.28. The molecule has 2 atom stereocenters. The molecule has 118 valence electrons. The molecule has 0 aliphatic heterocycles. The number of carbonyl (C=O) groups is 1. The molecule has 1 amide bonds. The maximum absolute atomic E-state index is 12.1. The van der Waals surface area contributed by atoms with Crippen molar-refractivity contribution in [3.63, 3.8) is 0 Å². The van der Waals surface area contributed by atoms with E-state index in [9.17, 15) is 13.2 Å². The Morgan fingerprint density at radius 2 is 2.10 bits per heavy atom. The van der Waals surface area contributed by atoms with Gasteiger partial charge in [-0.25, -0.2) is 8.42 Å². The molecule has 0 radical (unpaired) electrons. The van der Waals surface area contributed by atoms with E-state index in [-0.39, 0.29) is 27.4 Å². The van der Waals surface area contributed by atoms with Gasteiger partial charge in [0.2, 0.25) is 0 Å². The summed E-state index contributed by atoms with van der Waals surface area (Å²) in [7, 11) is -0.265. The summed E-state index contributed by atoms with van der Waals surface area (Å²) in [5, 5.41) is 3.72. The van der Waals surface area contributed by atoms with Crippen molar-refractivity contribution >= 4 is 37.8 Å². The molecule has 1 heterocycles. The highest BCUT2D eigenvalue weighted by molar-refractivity contribution is 7.91. The number of thiophene rings is 1. The van der Waals surface area contributed by atoms with Crippen LogP contribution in [0.25, 0.3) is 0 Å². The predicted octanol–water partition coefficient (Wildman–Crippen LogP) is 1.65. The first-order valence-corrected chi connectivity index (χ1v) is 9.48. The molecule has 2 unspecified atom stereocenters. The number of nitrogens with two attached hydrogens (primary N) is 1. The van der Waals surface area contributed by atoms with Gasteiger partial charge in [0.15, 0.2) is 9.84 Å². The number of sulfone groups is 1. The Morgan fingerprint density at radius 1 is 1.48 bits per heavy atom. The molecule has 21 heavy (non-hydrogen) atoms. The van der Waals surface area contributed by atoms with Crippen LogP contribution in [0.1, 0.15) is 29.4 Å². The Bertz CT molecular complexity index is 664. The Kier molecular flexibility index (Phi) is 4.21. The van der Waals surface area contributed by atoms with Crippen LogP contribution in [0.15, 0.2) is 4.90 Å². The van der Waals surface area contributed by atoms with Crippen LogP contribution < -0.4 is 11.1 Å². The molecular formula is C13H21N3O3S2. The number of nitrogens with zero attached hydrogens (tertiary/aromatic N) is 1. The smallest absolute Gasteiger partial charge is 0.265 e. The van der Waals surface area contributed by atoms with Crippen LogP contribution in [0.3, 0.4) is 0 Å². The third kappa shape index (κ3) is 3.16. The second-order valence-corrected chi connectivity index (χ2v) is 8.60. The zero-order chi connectivity index (χ0) is 15.9. The minimum atomic E-state index is -3.49. The molecule has 1 fully saturated rings. The van der Waals surface area contributed by atoms with Crippen LogP contribution >= 0.6 is 11.3 Å². The van der Waals surface area contributed by atoms with Gasteiger partial charge in [-0.3, -0.25) is 4.79 Å². The zero-order valence-corrected chi connectivity index (χ0v) is 14.3. The molecule has 8 heteroatoms. The number of carbonyl (C=O) groups excluding carboxylic acids is 1. The number of rotatable bonds is 5. The van der Waals surface area contributed by atoms with E-state index in [4.69, 9.17) is 5.73 Å². The van der Waals surface area contributed by atoms with Gasteiger partial charge >= 0.3 is 0 Å². The van der Waals surface area contributed by atoms with Crippen LogP contribution in [-0.4, -0.2) is 45.6 Å². The van der Waals surface area contributed by atoms with Crippen LogP contribution in [-0.2, 0) is 9.84 Å². The molecule has 6 nitrogen and oxygen atoms in total. The van der Waals surface area contributed by atoms with E-state index in [1.807, 2.05) is 0 Å². The largest absolute Gasteiger partial charge is 0.396 e. The van der Waals surface area contributed by atoms with Gasteiger partial charge in [-0.1, -0.05) is 13.3 Å². The van der Waals surface area contributed by atoms with Gasteiger partial charge in [-0.05, 0) is 12.3 Å². The maximum Gasteiger partial charge on any atom is 0.265 e. The monoisotopic (exact) mass is 331 g/mol. The quantitative estimate of drug-likeness (QED) is 0.856. The normalized spacial score (nSPS) is 21.1. The van der Waals surface area contributed by atoms with E-state index in [2.05, 4.69) is 12.2 Å². The summed E-state index contributed by atoms with van der Waals surface area (Å²) in [6, 6.07) is 0.274. The average molecular weight is 331 g/mol. The minimum absolute atomic E-state index is 0.0531. The molecule has 2 rings (SSSR count). The first kappa shape index (κ1) is 16.1. The second-order valence-electron chi connectivity index (χ2n) is 5.63. The fourth-order valence-electron chi connectivity index (χ4n) is 2.30. The highest BCUT2D eigenvalue weighted by Crippen LogP contribution is 2.44. The van der Waals surface area contributed by atoms with Gasteiger partial charge < -0.3 is 16.0 Å². The van der Waals surface area contributed by atoms with Crippen LogP contribution in [0.2, 0.25) is 0 Å². The van der Waals surface area contributed by atoms with Crippen molar-refractivity contribution in [2.45, 2.75) is 30.7 Å². The van der Waals surface area contributed by atoms with Crippen molar-refractivity contribution in [2.75, 3.05) is 31.4 Å². The van der Waals surface area contributed by atoms with E-state index < -0.39 is 9.84 Å². The van der Waals surface area contributed by atoms with E-state index in [1.165, 1.54) is 4.90 Å². The van der Waals surface area contributed by atoms with Gasteiger partial charge in [0.25, 0.3) is 5.91 Å². The van der Waals surface area contributed by atoms with E-state index in [1.54, 1.807) is 14.1 Å². The van der Waals surface area contributed by atoms with Gasteiger partial charge in [0.05, 0.1) is 5.69 Å². The number of anilines is 2. The van der Waals surface area contributed by atoms with E-state index in [0.717, 1.165) is 30.4 Å². The molecule has 1 aliphatic rings. The van der Waals surface area contributed by atoms with Crippen molar-refractivity contribution in [1.82, 2.24) is 4.90 Å². The maximum atomic E-state index is 12.1. The number of nitrogens with one attached hydrogen (secondary N) is 1. The summed E-state index contributed by atoms with van der Waals surface area (Å²) in [5.74, 6) is 0.284. The van der Waals surface area contributed by atoms with E-state index in [0.29, 0.717) is 10.9 Å². The lowest BCUT2D eigenvalue weighted by atomic mass is 10.3. The van der Waals surface area contributed by atoms with Crippen LogP contribution in [0, 0.1) is 5.92 Å². The predicted molar refractivity (Wildman–Crippen MR) is 85.7 cm³/mol. The Morgan fingerprint density at radius 3 is 2.52 bits per heavy atom. The van der Waals surface area contributed by atoms with Crippen molar-refractivity contribution in [1.29, 1.82) is 0 Å². The van der Waals surface area contributed by atoms with Gasteiger partial charge in [-0.2, -0.15) is 0 Å². The summed E-state index contributed by atoms with van der Waals surface area (Å²) in [4.78, 5) is 13.8. The van der Waals surface area contributed by atoms with E-state index >= 15 is 0 Å². The van der Waals surface area contributed by atoms with Crippen LogP contribution in [0.5, 0.6) is 0 Å². The summed E-state index contributed by atoms with van der Waals surface area (Å²) in [6.07, 6.45) is 3.19. The first-order chi connectivity index (χ1) is 9.66. The Balaban J connectivity index is 2.43. The van der Waals surface area contributed by atoms with Crippen molar-refractivity contribution in [3.8, 4) is 0 Å². The number of amides is 1. The molecule has 1 aliphatic carbocycles. The molecule has 0 spiro atoms. The summed E-state index contributed by atoms with van der Waals surface area (Å²) < 4.78 is 24.0. The minimum Gasteiger partial charge on any atom is -0.396 e. The average Bonchev–Trinajstić information content (AvgIpc) is 3.02. The molecule has 3 N–H and O–H groups in total. The SMILES string of the molecule is CCC1CC1Nc1sc(C(=O)N(C)C)c(N)c1S(C)(=O)=O. The summed E-state index contributed by atoms with van der Waals surface area (Å²) >= 11 is 1.12. The summed E-state index contributed by atoms with van der Waals surface area (Å²) in [6.45, 7) is 2.10. The molecule has 1 saturated carbocycles. The van der Waals surface area contributed by atoms with Gasteiger partial charge in [-0.15, -0.1) is 11.3 Å². The number of hydrogen-bond donors (Lipinski definition) is 2. The van der Waals surface area contributed by atoms with Crippen molar-refractivity contribution in [2.24, 2.45) is 5.92 Å². The number of hydrogen-bond acceptors (Lipinski definition) is 6. The van der Waals surface area contributed by atoms with Gasteiger partial charge in [0.1, 0.15) is 14.8 Å². The molecule has 0 aromatic carbocycles. The standard InChI is InChI=1S/C13H21N3O3S2/c1-5-7-6-8(7)15-12-11(21(4,18)19)9(14)10(20-12)13(17)16(2)3/h7-8,15H,5-6,14H2,1-4H3. The number of nitrogen functional groups attached to an aromatic ring is 1. The lowest BCUT2D eigenvalue weighted by Crippen LogP contribution is -2.21. The summed E-state index contributed by atoms with van der Waals surface area (Å²) in [5.41, 5.74) is 5.99. The topological polar surface area (TPSA) is 92.5 Å². The zero-order valence-electron chi connectivity index (χ0n) is 12.6. The molecule has 0 saturated heterocycles. The van der Waals surface area contributed by atoms with Crippen molar-refractivity contribution in [3.05, 3.63) is 4.88 Å². The third-order valence-corrected chi connectivity index (χ3v) is 6.05. The fraction of sp³-hybridized carbons (Fsp3) is 0.615.